The summed E-state index contributed by atoms with van der Waals surface area (Å²) in [6.45, 7) is 31.3. The van der Waals surface area contributed by atoms with Gasteiger partial charge in [0.05, 0.1) is 0 Å². The summed E-state index contributed by atoms with van der Waals surface area (Å²) in [6, 6.07) is 0. The van der Waals surface area contributed by atoms with E-state index in [0.717, 1.165) is 6.42 Å². The van der Waals surface area contributed by atoms with Crippen LogP contribution in [0.25, 0.3) is 0 Å². The van der Waals surface area contributed by atoms with Gasteiger partial charge in [-0.2, -0.15) is 0 Å². The highest BCUT2D eigenvalue weighted by Gasteiger charge is 1.64. The molecule has 0 unspecified atom stereocenters. The van der Waals surface area contributed by atoms with E-state index in [1.807, 2.05) is 60.6 Å². The quantitative estimate of drug-likeness (QED) is 0.428. The Morgan fingerprint density at radius 3 is 1.04 bits per heavy atom. The van der Waals surface area contributed by atoms with Gasteiger partial charge >= 0.3 is 0 Å². The van der Waals surface area contributed by atoms with E-state index >= 15 is 0 Å². The predicted octanol–water partition coefficient (Wildman–Crippen LogP) is 10.7. The van der Waals surface area contributed by atoms with E-state index in [1.165, 1.54) is 24.0 Å². The second-order valence-corrected chi connectivity index (χ2v) is 5.98. The highest BCUT2D eigenvalue weighted by atomic mass is 13.7. The lowest BCUT2D eigenvalue weighted by Crippen LogP contribution is -1.55. The van der Waals surface area contributed by atoms with Crippen LogP contribution >= 0.6 is 0 Å². The molecule has 162 valence electrons. The third-order valence-corrected chi connectivity index (χ3v) is 2.07. The van der Waals surface area contributed by atoms with Crippen molar-refractivity contribution < 1.29 is 0 Å². The van der Waals surface area contributed by atoms with Crippen LogP contribution in [0.4, 0.5) is 0 Å². The smallest absolute Gasteiger partial charge is 0.0353 e. The van der Waals surface area contributed by atoms with E-state index in [4.69, 9.17) is 0 Å². The van der Waals surface area contributed by atoms with Gasteiger partial charge in [-0.3, -0.25) is 0 Å². The molecule has 0 aliphatic carbocycles. The Hall–Kier alpha value is -1.56. The molecule has 0 amide bonds. The number of allylic oxidation sites excluding steroid dienone is 10. The first-order valence-corrected chi connectivity index (χ1v) is 10.2. The lowest BCUT2D eigenvalue weighted by Gasteiger charge is -1.76. The monoisotopic (exact) mass is 378 g/mol. The molecule has 0 aliphatic rings. The summed E-state index contributed by atoms with van der Waals surface area (Å²) in [5.41, 5.74) is 2.55. The molecule has 0 nitrogen and oxygen atoms in total. The van der Waals surface area contributed by atoms with Gasteiger partial charge in [0, 0.05) is 0 Å². The average Bonchev–Trinajstić information content (AvgIpc) is 2.62. The molecule has 0 bridgehead atoms. The Morgan fingerprint density at radius 1 is 0.704 bits per heavy atom. The fourth-order valence-electron chi connectivity index (χ4n) is 0.569. The second kappa shape index (κ2) is 56.3. The predicted molar refractivity (Wildman–Crippen MR) is 137 cm³/mol. The van der Waals surface area contributed by atoms with Crippen molar-refractivity contribution in [1.29, 1.82) is 0 Å². The van der Waals surface area contributed by atoms with Gasteiger partial charge in [0.15, 0.2) is 0 Å². The largest absolute Gasteiger partial charge is 0.103 e. The third kappa shape index (κ3) is 297. The highest BCUT2D eigenvalue weighted by Crippen LogP contribution is 1.85. The zero-order valence-electron chi connectivity index (χ0n) is 21.2. The summed E-state index contributed by atoms with van der Waals surface area (Å²) >= 11 is 0. The van der Waals surface area contributed by atoms with Crippen LogP contribution in [0.5, 0.6) is 0 Å². The van der Waals surface area contributed by atoms with E-state index in [0.29, 0.717) is 0 Å². The lowest BCUT2D eigenvalue weighted by molar-refractivity contribution is 0.957. The van der Waals surface area contributed by atoms with Crippen LogP contribution in [0.3, 0.4) is 0 Å². The van der Waals surface area contributed by atoms with Crippen molar-refractivity contribution in [2.45, 2.75) is 102 Å². The molecule has 0 saturated carbocycles. The molecule has 0 aromatic rings. The van der Waals surface area contributed by atoms with Gasteiger partial charge in [-0.25, -0.2) is 0 Å². The van der Waals surface area contributed by atoms with Gasteiger partial charge in [0.1, 0.15) is 0 Å². The molecule has 27 heavy (non-hydrogen) atoms. The maximum atomic E-state index is 3.56. The maximum Gasteiger partial charge on any atom is -0.0353 e. The Labute approximate surface area is 175 Å². The van der Waals surface area contributed by atoms with Crippen molar-refractivity contribution in [3.63, 3.8) is 0 Å². The summed E-state index contributed by atoms with van der Waals surface area (Å²) in [5, 5.41) is 0. The molecule has 0 aromatic heterocycles. The van der Waals surface area contributed by atoms with Crippen molar-refractivity contribution in [3.8, 4) is 0 Å². The molecule has 0 rings (SSSR count). The van der Waals surface area contributed by atoms with Gasteiger partial charge in [-0.05, 0) is 82.1 Å². The topological polar surface area (TPSA) is 0 Å². The first-order chi connectivity index (χ1) is 12.7. The number of rotatable bonds is 3. The molecule has 0 heteroatoms. The van der Waals surface area contributed by atoms with E-state index in [2.05, 4.69) is 78.2 Å². The van der Waals surface area contributed by atoms with Gasteiger partial charge in [-0.15, -0.1) is 13.2 Å². The summed E-state index contributed by atoms with van der Waals surface area (Å²) in [5.74, 6) is 0. The molecule has 0 fully saturated rings. The minimum absolute atomic E-state index is 1.16. The molecular weight excluding hydrogens is 324 g/mol. The van der Waals surface area contributed by atoms with Crippen molar-refractivity contribution in [2.24, 2.45) is 0 Å². The van der Waals surface area contributed by atoms with Crippen LogP contribution in [-0.4, -0.2) is 0 Å². The van der Waals surface area contributed by atoms with Crippen molar-refractivity contribution in [2.75, 3.05) is 0 Å². The minimum atomic E-state index is 1.16. The van der Waals surface area contributed by atoms with E-state index in [9.17, 15) is 0 Å². The summed E-state index contributed by atoms with van der Waals surface area (Å²) in [7, 11) is 0. The number of unbranched alkanes of at least 4 members (excludes halogenated alkanes) is 1. The van der Waals surface area contributed by atoms with E-state index in [1.54, 1.807) is 6.08 Å². The Balaban J connectivity index is -0.0000000497. The average molecular weight is 379 g/mol. The van der Waals surface area contributed by atoms with Gasteiger partial charge in [0.2, 0.25) is 0 Å². The molecule has 0 aromatic carbocycles. The standard InChI is InChI=1S/C6H12.2C5H10.2C4H8.C3H6/c1-3-5-6-4-2;1-4-5(2)3;1-3-5-4-2;1-4(2)3;1-3-4-2;1-3-2/h3,5H,4,6H2,1-2H3;4H,1-3H3;3,5H,4H2,1-2H3;1H2,2-3H3;3-4H,1-2H3;3H,1H2,2H3. The van der Waals surface area contributed by atoms with E-state index in [-0.39, 0.29) is 0 Å². The summed E-state index contributed by atoms with van der Waals surface area (Å²) < 4.78 is 0. The normalized spacial score (nSPS) is 8.30. The molecule has 0 spiro atoms. The van der Waals surface area contributed by atoms with Crippen LogP contribution in [-0.2, 0) is 0 Å². The van der Waals surface area contributed by atoms with Gasteiger partial charge in [-0.1, -0.05) is 80.0 Å². The Bertz CT molecular complexity index is 323. The Morgan fingerprint density at radius 2 is 1.00 bits per heavy atom. The highest BCUT2D eigenvalue weighted by molar-refractivity contribution is 4.88. The van der Waals surface area contributed by atoms with Gasteiger partial charge in [0.25, 0.3) is 0 Å². The molecule has 0 heterocycles. The molecular formula is C27H54. The third-order valence-electron chi connectivity index (χ3n) is 2.07. The maximum absolute atomic E-state index is 3.56. The van der Waals surface area contributed by atoms with Crippen molar-refractivity contribution in [1.82, 2.24) is 0 Å². The zero-order valence-corrected chi connectivity index (χ0v) is 21.2. The minimum Gasteiger partial charge on any atom is -0.103 e. The molecule has 0 saturated heterocycles. The first kappa shape index (κ1) is 40.2. The SMILES string of the molecule is C=C(C)C.C=CC.CC=C(C)C.CC=CC.CC=CCC.CC=CCCC. The van der Waals surface area contributed by atoms with Crippen LogP contribution in [0.1, 0.15) is 102 Å². The van der Waals surface area contributed by atoms with Crippen LogP contribution in [0.2, 0.25) is 0 Å². The van der Waals surface area contributed by atoms with Crippen molar-refractivity contribution >= 4 is 0 Å². The summed E-state index contributed by atoms with van der Waals surface area (Å²) in [6.07, 6.45) is 19.9. The van der Waals surface area contributed by atoms with Gasteiger partial charge < -0.3 is 0 Å². The molecule has 0 radical (unpaired) electrons. The van der Waals surface area contributed by atoms with Crippen LogP contribution in [0.15, 0.2) is 72.9 Å². The molecule has 0 atom stereocenters. The zero-order chi connectivity index (χ0) is 22.9. The number of hydrogen-bond acceptors (Lipinski definition) is 0. The fourth-order valence-corrected chi connectivity index (χ4v) is 0.569. The fraction of sp³-hybridized carbons (Fsp3) is 0.556. The lowest BCUT2D eigenvalue weighted by atomic mass is 10.3. The van der Waals surface area contributed by atoms with Crippen molar-refractivity contribution in [3.05, 3.63) is 72.9 Å². The number of hydrogen-bond donors (Lipinski definition) is 0. The van der Waals surface area contributed by atoms with Crippen LogP contribution < -0.4 is 0 Å². The summed E-state index contributed by atoms with van der Waals surface area (Å²) in [4.78, 5) is 0. The molecule has 0 aliphatic heterocycles. The van der Waals surface area contributed by atoms with Crippen LogP contribution in [0, 0.1) is 0 Å². The van der Waals surface area contributed by atoms with E-state index < -0.39 is 0 Å². The molecule has 0 N–H and O–H groups in total. The first-order valence-electron chi connectivity index (χ1n) is 10.2. The second-order valence-electron chi connectivity index (χ2n) is 5.98. The Kier molecular flexibility index (Phi) is 83.9.